The van der Waals surface area contributed by atoms with Crippen LogP contribution in [0.4, 0.5) is 0 Å². The van der Waals surface area contributed by atoms with Gasteiger partial charge in [-0.1, -0.05) is 28.4 Å². The van der Waals surface area contributed by atoms with Gasteiger partial charge in [-0.25, -0.2) is 0 Å². The van der Waals surface area contributed by atoms with Crippen molar-refractivity contribution in [2.75, 3.05) is 6.61 Å². The smallest absolute Gasteiger partial charge is 0.246 e. The van der Waals surface area contributed by atoms with E-state index in [1.807, 2.05) is 0 Å². The van der Waals surface area contributed by atoms with Gasteiger partial charge in [-0.05, 0) is 18.2 Å². The minimum Gasteiger partial charge on any atom is -0.394 e. The number of aliphatic hydroxyl groups is 1. The van der Waals surface area contributed by atoms with Crippen molar-refractivity contribution in [3.05, 3.63) is 34.1 Å². The lowest BCUT2D eigenvalue weighted by atomic mass is 10.2. The Hall–Kier alpha value is -1.14. The molecule has 3 N–H and O–H groups in total. The van der Waals surface area contributed by atoms with Gasteiger partial charge in [-0.3, -0.25) is 0 Å². The van der Waals surface area contributed by atoms with Crippen LogP contribution in [0.2, 0.25) is 10.0 Å². The van der Waals surface area contributed by atoms with E-state index in [2.05, 4.69) is 10.1 Å². The van der Waals surface area contributed by atoms with Crippen LogP contribution in [-0.2, 0) is 0 Å². The molecular formula is C10H9Cl2N3O2. The molecule has 0 aliphatic carbocycles. The number of aromatic nitrogens is 2. The molecular weight excluding hydrogens is 265 g/mol. The topological polar surface area (TPSA) is 85.2 Å². The SMILES string of the molecule is NC(CO)c1nc(-c2cc(Cl)cc(Cl)c2)no1. The Morgan fingerprint density at radius 3 is 2.53 bits per heavy atom. The molecule has 0 bridgehead atoms. The average Bonchev–Trinajstić information content (AvgIpc) is 2.76. The van der Waals surface area contributed by atoms with E-state index >= 15 is 0 Å². The maximum Gasteiger partial charge on any atom is 0.246 e. The van der Waals surface area contributed by atoms with Crippen molar-refractivity contribution >= 4 is 23.2 Å². The fraction of sp³-hybridized carbons (Fsp3) is 0.200. The molecule has 17 heavy (non-hydrogen) atoms. The van der Waals surface area contributed by atoms with Crippen molar-refractivity contribution in [2.24, 2.45) is 5.73 Å². The highest BCUT2D eigenvalue weighted by molar-refractivity contribution is 6.35. The monoisotopic (exact) mass is 273 g/mol. The summed E-state index contributed by atoms with van der Waals surface area (Å²) in [7, 11) is 0. The van der Waals surface area contributed by atoms with Crippen molar-refractivity contribution < 1.29 is 9.63 Å². The number of rotatable bonds is 3. The van der Waals surface area contributed by atoms with E-state index in [1.54, 1.807) is 18.2 Å². The second-order valence-corrected chi connectivity index (χ2v) is 4.28. The van der Waals surface area contributed by atoms with Crippen molar-refractivity contribution in [3.63, 3.8) is 0 Å². The van der Waals surface area contributed by atoms with Gasteiger partial charge >= 0.3 is 0 Å². The van der Waals surface area contributed by atoms with E-state index in [0.29, 0.717) is 21.4 Å². The van der Waals surface area contributed by atoms with Crippen LogP contribution in [0.25, 0.3) is 11.4 Å². The normalized spacial score (nSPS) is 12.7. The molecule has 1 unspecified atom stereocenters. The van der Waals surface area contributed by atoms with Crippen LogP contribution in [0.3, 0.4) is 0 Å². The molecule has 0 fully saturated rings. The molecule has 1 atom stereocenters. The molecule has 0 saturated heterocycles. The minimum absolute atomic E-state index is 0.165. The molecule has 0 radical (unpaired) electrons. The molecule has 0 aliphatic heterocycles. The number of nitrogens with zero attached hydrogens (tertiary/aromatic N) is 2. The first-order chi connectivity index (χ1) is 8.10. The van der Waals surface area contributed by atoms with E-state index < -0.39 is 6.04 Å². The first kappa shape index (κ1) is 12.3. The second-order valence-electron chi connectivity index (χ2n) is 3.40. The highest BCUT2D eigenvalue weighted by atomic mass is 35.5. The standard InChI is InChI=1S/C10H9Cl2N3O2/c11-6-1-5(2-7(12)3-6)9-14-10(17-15-9)8(13)4-16/h1-3,8,16H,4,13H2. The van der Waals surface area contributed by atoms with Gasteiger partial charge in [-0.2, -0.15) is 4.98 Å². The Morgan fingerprint density at radius 2 is 1.94 bits per heavy atom. The third-order valence-electron chi connectivity index (χ3n) is 2.08. The first-order valence-corrected chi connectivity index (χ1v) is 5.52. The zero-order chi connectivity index (χ0) is 12.4. The van der Waals surface area contributed by atoms with E-state index in [1.165, 1.54) is 0 Å². The maximum absolute atomic E-state index is 8.86. The van der Waals surface area contributed by atoms with Gasteiger partial charge in [0.1, 0.15) is 6.04 Å². The summed E-state index contributed by atoms with van der Waals surface area (Å²) in [6.07, 6.45) is 0. The van der Waals surface area contributed by atoms with Crippen LogP contribution < -0.4 is 5.73 Å². The van der Waals surface area contributed by atoms with Gasteiger partial charge in [-0.15, -0.1) is 0 Å². The molecule has 7 heteroatoms. The molecule has 1 heterocycles. The Bertz CT molecular complexity index is 510. The van der Waals surface area contributed by atoms with Crippen LogP contribution in [0.1, 0.15) is 11.9 Å². The summed E-state index contributed by atoms with van der Waals surface area (Å²) in [4.78, 5) is 4.05. The molecule has 1 aromatic heterocycles. The fourth-order valence-corrected chi connectivity index (χ4v) is 1.79. The van der Waals surface area contributed by atoms with Gasteiger partial charge in [0.05, 0.1) is 6.61 Å². The van der Waals surface area contributed by atoms with Gasteiger partial charge in [0.15, 0.2) is 0 Å². The van der Waals surface area contributed by atoms with E-state index in [-0.39, 0.29) is 12.5 Å². The lowest BCUT2D eigenvalue weighted by Crippen LogP contribution is -2.14. The summed E-state index contributed by atoms with van der Waals surface area (Å²) in [5, 5.41) is 13.6. The Labute approximate surface area is 107 Å². The minimum atomic E-state index is -0.689. The van der Waals surface area contributed by atoms with E-state index in [4.69, 9.17) is 38.6 Å². The molecule has 0 aliphatic rings. The molecule has 90 valence electrons. The second kappa shape index (κ2) is 5.01. The third kappa shape index (κ3) is 2.76. The summed E-state index contributed by atoms with van der Waals surface area (Å²) >= 11 is 11.7. The molecule has 0 amide bonds. The summed E-state index contributed by atoms with van der Waals surface area (Å²) < 4.78 is 4.92. The summed E-state index contributed by atoms with van der Waals surface area (Å²) in [6.45, 7) is -0.266. The lowest BCUT2D eigenvalue weighted by molar-refractivity contribution is 0.237. The van der Waals surface area contributed by atoms with E-state index in [0.717, 1.165) is 0 Å². The van der Waals surface area contributed by atoms with Crippen molar-refractivity contribution in [2.45, 2.75) is 6.04 Å². The van der Waals surface area contributed by atoms with Crippen LogP contribution >= 0.6 is 23.2 Å². The predicted molar refractivity (Wildman–Crippen MR) is 63.8 cm³/mol. The van der Waals surface area contributed by atoms with Gasteiger partial charge in [0.2, 0.25) is 11.7 Å². The molecule has 0 spiro atoms. The van der Waals surface area contributed by atoms with Crippen LogP contribution in [0, 0.1) is 0 Å². The zero-order valence-corrected chi connectivity index (χ0v) is 10.1. The molecule has 2 aromatic rings. The van der Waals surface area contributed by atoms with Gasteiger partial charge < -0.3 is 15.4 Å². The summed E-state index contributed by atoms with van der Waals surface area (Å²) in [6, 6.07) is 4.23. The van der Waals surface area contributed by atoms with Crippen molar-refractivity contribution in [1.29, 1.82) is 0 Å². The Balaban J connectivity index is 2.36. The Kier molecular flexibility index (Phi) is 3.63. The summed E-state index contributed by atoms with van der Waals surface area (Å²) in [5.74, 6) is 0.492. The number of nitrogens with two attached hydrogens (primary N) is 1. The number of hydrogen-bond acceptors (Lipinski definition) is 5. The molecule has 2 rings (SSSR count). The van der Waals surface area contributed by atoms with Crippen LogP contribution in [0.15, 0.2) is 22.7 Å². The third-order valence-corrected chi connectivity index (χ3v) is 2.51. The quantitative estimate of drug-likeness (QED) is 0.894. The molecule has 1 aromatic carbocycles. The zero-order valence-electron chi connectivity index (χ0n) is 8.60. The highest BCUT2D eigenvalue weighted by Gasteiger charge is 2.15. The van der Waals surface area contributed by atoms with Gasteiger partial charge in [0.25, 0.3) is 0 Å². The van der Waals surface area contributed by atoms with Crippen LogP contribution in [-0.4, -0.2) is 21.9 Å². The largest absolute Gasteiger partial charge is 0.394 e. The first-order valence-electron chi connectivity index (χ1n) is 4.76. The average molecular weight is 274 g/mol. The predicted octanol–water partition coefficient (Wildman–Crippen LogP) is 2.04. The molecule has 0 saturated carbocycles. The summed E-state index contributed by atoms with van der Waals surface area (Å²) in [5.41, 5.74) is 6.17. The van der Waals surface area contributed by atoms with Crippen LogP contribution in [0.5, 0.6) is 0 Å². The number of hydrogen-bond donors (Lipinski definition) is 2. The fourth-order valence-electron chi connectivity index (χ4n) is 1.26. The lowest BCUT2D eigenvalue weighted by Gasteiger charge is -1.99. The highest BCUT2D eigenvalue weighted by Crippen LogP contribution is 2.25. The van der Waals surface area contributed by atoms with E-state index in [9.17, 15) is 0 Å². The van der Waals surface area contributed by atoms with Crippen molar-refractivity contribution in [1.82, 2.24) is 10.1 Å². The number of benzene rings is 1. The number of aliphatic hydroxyl groups excluding tert-OH is 1. The Morgan fingerprint density at radius 1 is 1.29 bits per heavy atom. The maximum atomic E-state index is 8.86. The van der Waals surface area contributed by atoms with Crippen molar-refractivity contribution in [3.8, 4) is 11.4 Å². The van der Waals surface area contributed by atoms with Gasteiger partial charge in [0, 0.05) is 15.6 Å². The molecule has 5 nitrogen and oxygen atoms in total. The number of halogens is 2.